The molecular weight excluding hydrogens is 384 g/mol. The summed E-state index contributed by atoms with van der Waals surface area (Å²) in [5.41, 5.74) is 2.31. The minimum Gasteiger partial charge on any atom is -0.383 e. The number of benzene rings is 1. The molecule has 0 fully saturated rings. The van der Waals surface area contributed by atoms with Gasteiger partial charge in [-0.05, 0) is 25.0 Å². The fourth-order valence-electron chi connectivity index (χ4n) is 3.03. The van der Waals surface area contributed by atoms with Gasteiger partial charge in [0, 0.05) is 18.5 Å². The Morgan fingerprint density at radius 3 is 2.74 bits per heavy atom. The summed E-state index contributed by atoms with van der Waals surface area (Å²) in [5.74, 6) is 0.728. The number of carbonyl (C=O) groups excluding carboxylic acids is 1. The fourth-order valence-corrected chi connectivity index (χ4v) is 4.15. The molecule has 8 heteroatoms. The van der Waals surface area contributed by atoms with E-state index in [0.717, 1.165) is 21.7 Å². The Bertz CT molecular complexity index is 950. The minimum absolute atomic E-state index is 0.178. The molecule has 2 aromatic heterocycles. The number of carbonyl (C=O) groups is 1. The van der Waals surface area contributed by atoms with Crippen molar-refractivity contribution in [3.05, 3.63) is 45.1 Å². The summed E-state index contributed by atoms with van der Waals surface area (Å²) in [7, 11) is 1.67. The Balaban J connectivity index is 1.90. The molecule has 0 aliphatic carbocycles. The van der Waals surface area contributed by atoms with Crippen LogP contribution in [0.1, 0.15) is 53.9 Å². The second-order valence-electron chi connectivity index (χ2n) is 6.63. The molecule has 0 saturated carbocycles. The van der Waals surface area contributed by atoms with Crippen LogP contribution in [-0.4, -0.2) is 34.2 Å². The Kier molecular flexibility index (Phi) is 6.14. The largest absolute Gasteiger partial charge is 0.383 e. The van der Waals surface area contributed by atoms with Gasteiger partial charge in [-0.3, -0.25) is 4.79 Å². The highest BCUT2D eigenvalue weighted by Gasteiger charge is 2.24. The minimum atomic E-state index is -0.290. The molecule has 27 heavy (non-hydrogen) atoms. The van der Waals surface area contributed by atoms with Gasteiger partial charge in [-0.15, -0.1) is 11.3 Å². The summed E-state index contributed by atoms with van der Waals surface area (Å²) in [6.45, 7) is 7.19. The molecule has 1 N–H and O–H groups in total. The van der Waals surface area contributed by atoms with Crippen LogP contribution >= 0.6 is 22.9 Å². The van der Waals surface area contributed by atoms with Crippen LogP contribution in [-0.2, 0) is 11.3 Å². The summed E-state index contributed by atoms with van der Waals surface area (Å²) in [5, 5.41) is 3.02. The third kappa shape index (κ3) is 4.15. The molecule has 144 valence electrons. The maximum absolute atomic E-state index is 12.8. The van der Waals surface area contributed by atoms with Crippen molar-refractivity contribution in [2.75, 3.05) is 13.7 Å². The predicted molar refractivity (Wildman–Crippen MR) is 109 cm³/mol. The lowest BCUT2D eigenvalue weighted by Crippen LogP contribution is -2.30. The first-order valence-electron chi connectivity index (χ1n) is 8.83. The number of methoxy groups -OCH3 is 1. The van der Waals surface area contributed by atoms with Crippen molar-refractivity contribution in [1.82, 2.24) is 19.9 Å². The zero-order chi connectivity index (χ0) is 19.6. The fraction of sp³-hybridized carbons (Fsp3) is 0.421. The Morgan fingerprint density at radius 2 is 2.04 bits per heavy atom. The van der Waals surface area contributed by atoms with E-state index >= 15 is 0 Å². The molecule has 0 aliphatic rings. The standard InChI is InChI=1S/C19H23ClN4O2S/c1-11(2)16-15(23-19(20)27-16)18(25)21-12(3)17-22-13-7-5-6-8-14(13)24(17)9-10-26-4/h5-8,11-12H,9-10H2,1-4H3,(H,21,25)/t12-/m0/s1. The van der Waals surface area contributed by atoms with Gasteiger partial charge in [-0.1, -0.05) is 37.6 Å². The van der Waals surface area contributed by atoms with Gasteiger partial charge in [0.25, 0.3) is 5.91 Å². The molecule has 1 atom stereocenters. The maximum Gasteiger partial charge on any atom is 0.271 e. The van der Waals surface area contributed by atoms with Crippen molar-refractivity contribution in [1.29, 1.82) is 0 Å². The van der Waals surface area contributed by atoms with Crippen LogP contribution in [0.5, 0.6) is 0 Å². The highest BCUT2D eigenvalue weighted by Crippen LogP contribution is 2.30. The number of ether oxygens (including phenoxy) is 1. The van der Waals surface area contributed by atoms with Gasteiger partial charge in [-0.2, -0.15) is 0 Å². The zero-order valence-corrected chi connectivity index (χ0v) is 17.4. The summed E-state index contributed by atoms with van der Waals surface area (Å²) >= 11 is 7.39. The Hall–Kier alpha value is -1.96. The summed E-state index contributed by atoms with van der Waals surface area (Å²) < 4.78 is 7.70. The lowest BCUT2D eigenvalue weighted by molar-refractivity contribution is 0.0931. The molecule has 0 aliphatic heterocycles. The van der Waals surface area contributed by atoms with Crippen molar-refractivity contribution in [3.8, 4) is 0 Å². The van der Waals surface area contributed by atoms with Crippen molar-refractivity contribution in [2.45, 2.75) is 39.3 Å². The first-order chi connectivity index (χ1) is 12.9. The van der Waals surface area contributed by atoms with Gasteiger partial charge in [-0.25, -0.2) is 9.97 Å². The smallest absolute Gasteiger partial charge is 0.271 e. The maximum atomic E-state index is 12.8. The van der Waals surface area contributed by atoms with Crippen molar-refractivity contribution in [3.63, 3.8) is 0 Å². The first-order valence-corrected chi connectivity index (χ1v) is 10.0. The van der Waals surface area contributed by atoms with Crippen molar-refractivity contribution < 1.29 is 9.53 Å². The molecule has 1 aromatic carbocycles. The Labute approximate surface area is 167 Å². The van der Waals surface area contributed by atoms with E-state index in [9.17, 15) is 4.79 Å². The lowest BCUT2D eigenvalue weighted by atomic mass is 10.1. The molecule has 0 spiro atoms. The van der Waals surface area contributed by atoms with E-state index in [1.54, 1.807) is 7.11 Å². The van der Waals surface area contributed by atoms with Crippen LogP contribution in [0.3, 0.4) is 0 Å². The van der Waals surface area contributed by atoms with E-state index in [4.69, 9.17) is 21.3 Å². The van der Waals surface area contributed by atoms with Gasteiger partial charge in [0.1, 0.15) is 11.5 Å². The van der Waals surface area contributed by atoms with Crippen LogP contribution in [0.15, 0.2) is 24.3 Å². The average molecular weight is 407 g/mol. The topological polar surface area (TPSA) is 69.0 Å². The van der Waals surface area contributed by atoms with Crippen molar-refractivity contribution >= 4 is 39.9 Å². The zero-order valence-electron chi connectivity index (χ0n) is 15.8. The third-order valence-corrected chi connectivity index (χ3v) is 5.77. The highest BCUT2D eigenvalue weighted by atomic mass is 35.5. The molecule has 6 nitrogen and oxygen atoms in total. The number of nitrogens with one attached hydrogen (secondary N) is 1. The number of para-hydroxylation sites is 2. The third-order valence-electron chi connectivity index (χ3n) is 4.30. The highest BCUT2D eigenvalue weighted by molar-refractivity contribution is 7.16. The number of nitrogens with zero attached hydrogens (tertiary/aromatic N) is 3. The van der Waals surface area contributed by atoms with Gasteiger partial charge >= 0.3 is 0 Å². The van der Waals surface area contributed by atoms with Crippen LogP contribution in [0.25, 0.3) is 11.0 Å². The number of imidazole rings is 1. The molecule has 0 radical (unpaired) electrons. The van der Waals surface area contributed by atoms with E-state index in [-0.39, 0.29) is 17.9 Å². The number of halogens is 1. The Morgan fingerprint density at radius 1 is 1.30 bits per heavy atom. The molecule has 3 rings (SSSR count). The number of fused-ring (bicyclic) bond motifs is 1. The van der Waals surface area contributed by atoms with E-state index in [1.165, 1.54) is 11.3 Å². The van der Waals surface area contributed by atoms with E-state index in [0.29, 0.717) is 23.3 Å². The van der Waals surface area contributed by atoms with Gasteiger partial charge in [0.15, 0.2) is 4.47 Å². The molecule has 1 amide bonds. The first kappa shape index (κ1) is 19.8. The number of hydrogen-bond acceptors (Lipinski definition) is 5. The lowest BCUT2D eigenvalue weighted by Gasteiger charge is -2.16. The van der Waals surface area contributed by atoms with Gasteiger partial charge in [0.05, 0.1) is 23.7 Å². The number of hydrogen-bond donors (Lipinski definition) is 1. The quantitative estimate of drug-likeness (QED) is 0.631. The average Bonchev–Trinajstić information content (AvgIpc) is 3.21. The molecule has 2 heterocycles. The van der Waals surface area contributed by atoms with Crippen molar-refractivity contribution in [2.24, 2.45) is 0 Å². The predicted octanol–water partition coefficient (Wildman–Crippen LogP) is 4.41. The van der Waals surface area contributed by atoms with Gasteiger partial charge in [0.2, 0.25) is 0 Å². The molecule has 0 bridgehead atoms. The normalized spacial score (nSPS) is 12.7. The second-order valence-corrected chi connectivity index (χ2v) is 8.25. The van der Waals surface area contributed by atoms with E-state index in [1.807, 2.05) is 45.0 Å². The molecule has 3 aromatic rings. The molecule has 0 saturated heterocycles. The number of thiazole rings is 1. The number of aromatic nitrogens is 3. The second kappa shape index (κ2) is 8.37. The van der Waals surface area contributed by atoms with Crippen LogP contribution < -0.4 is 5.32 Å². The monoisotopic (exact) mass is 406 g/mol. The van der Waals surface area contributed by atoms with E-state index in [2.05, 4.69) is 14.9 Å². The number of rotatable bonds is 7. The van der Waals surface area contributed by atoms with Gasteiger partial charge < -0.3 is 14.6 Å². The van der Waals surface area contributed by atoms with Crippen LogP contribution in [0.2, 0.25) is 4.47 Å². The summed E-state index contributed by atoms with van der Waals surface area (Å²) in [4.78, 5) is 22.6. The molecular formula is C19H23ClN4O2S. The van der Waals surface area contributed by atoms with E-state index < -0.39 is 0 Å². The molecule has 0 unspecified atom stereocenters. The SMILES string of the molecule is COCCn1c([C@H](C)NC(=O)c2nc(Cl)sc2C(C)C)nc2ccccc21. The van der Waals surface area contributed by atoms with Crippen LogP contribution in [0, 0.1) is 0 Å². The summed E-state index contributed by atoms with van der Waals surface area (Å²) in [6, 6.07) is 7.63. The van der Waals surface area contributed by atoms with Crippen LogP contribution in [0.4, 0.5) is 0 Å². The number of amides is 1. The summed E-state index contributed by atoms with van der Waals surface area (Å²) in [6.07, 6.45) is 0.